The minimum absolute atomic E-state index is 0.0229. The Morgan fingerprint density at radius 2 is 1.64 bits per heavy atom. The Morgan fingerprint density at radius 1 is 0.952 bits per heavy atom. The number of sulfonamides is 1. The van der Waals surface area contributed by atoms with Gasteiger partial charge in [-0.05, 0) is 48.7 Å². The molecule has 0 saturated heterocycles. The second-order valence-electron chi connectivity index (χ2n) is 9.83. The van der Waals surface area contributed by atoms with Gasteiger partial charge in [-0.2, -0.15) is 0 Å². The van der Waals surface area contributed by atoms with E-state index in [0.29, 0.717) is 48.3 Å². The molecule has 0 fully saturated rings. The van der Waals surface area contributed by atoms with Crippen LogP contribution >= 0.6 is 11.6 Å². The first-order valence-electron chi connectivity index (χ1n) is 14.0. The van der Waals surface area contributed by atoms with Gasteiger partial charge in [0.05, 0.1) is 10.6 Å². The van der Waals surface area contributed by atoms with Gasteiger partial charge in [0, 0.05) is 24.2 Å². The quantitative estimate of drug-likeness (QED) is 0.271. The fraction of sp³-hybridized carbons (Fsp3) is 0.355. The van der Waals surface area contributed by atoms with Gasteiger partial charge in [0.15, 0.2) is 11.5 Å². The van der Waals surface area contributed by atoms with Crippen LogP contribution in [0.1, 0.15) is 38.7 Å². The summed E-state index contributed by atoms with van der Waals surface area (Å²) in [4.78, 5) is 28.9. The molecule has 1 heterocycles. The van der Waals surface area contributed by atoms with Crippen molar-refractivity contribution in [3.63, 3.8) is 0 Å². The molecule has 0 bridgehead atoms. The van der Waals surface area contributed by atoms with Crippen molar-refractivity contribution in [2.45, 2.75) is 50.6 Å². The topological polar surface area (TPSA) is 105 Å². The van der Waals surface area contributed by atoms with Gasteiger partial charge in [-0.25, -0.2) is 8.42 Å². The molecule has 2 amide bonds. The van der Waals surface area contributed by atoms with Crippen LogP contribution in [0.4, 0.5) is 5.69 Å². The molecule has 1 N–H and O–H groups in total. The predicted octanol–water partition coefficient (Wildman–Crippen LogP) is 5.03. The van der Waals surface area contributed by atoms with E-state index < -0.39 is 28.5 Å². The normalized spacial score (nSPS) is 13.2. The number of nitrogens with one attached hydrogen (secondary N) is 1. The lowest BCUT2D eigenvalue weighted by atomic mass is 10.1. The van der Waals surface area contributed by atoms with Crippen LogP contribution in [0.25, 0.3) is 0 Å². The Morgan fingerprint density at radius 3 is 2.33 bits per heavy atom. The van der Waals surface area contributed by atoms with Crippen LogP contribution in [0.3, 0.4) is 0 Å². The molecule has 224 valence electrons. The highest BCUT2D eigenvalue weighted by Crippen LogP contribution is 2.36. The molecule has 3 aromatic carbocycles. The predicted molar refractivity (Wildman–Crippen MR) is 162 cm³/mol. The number of unbranched alkanes of at least 4 members (excludes halogenated alkanes) is 1. The number of anilines is 1. The van der Waals surface area contributed by atoms with Crippen LogP contribution < -0.4 is 19.1 Å². The first-order chi connectivity index (χ1) is 20.3. The molecule has 1 atom stereocenters. The summed E-state index contributed by atoms with van der Waals surface area (Å²) < 4.78 is 40.4. The monoisotopic (exact) mass is 613 g/mol. The number of halogens is 1. The summed E-state index contributed by atoms with van der Waals surface area (Å²) >= 11 is 6.45. The Hall–Kier alpha value is -3.76. The second kappa shape index (κ2) is 14.4. The number of benzene rings is 3. The Kier molecular flexibility index (Phi) is 10.7. The van der Waals surface area contributed by atoms with E-state index in [4.69, 9.17) is 21.1 Å². The van der Waals surface area contributed by atoms with Crippen molar-refractivity contribution >= 4 is 39.1 Å². The van der Waals surface area contributed by atoms with E-state index in [1.165, 1.54) is 17.0 Å². The summed E-state index contributed by atoms with van der Waals surface area (Å²) in [5.41, 5.74) is 0.874. The van der Waals surface area contributed by atoms with Crippen LogP contribution in [-0.4, -0.2) is 57.5 Å². The van der Waals surface area contributed by atoms with Crippen LogP contribution in [0.2, 0.25) is 5.02 Å². The smallest absolute Gasteiger partial charge is 0.264 e. The highest BCUT2D eigenvalue weighted by Gasteiger charge is 2.34. The molecule has 4 rings (SSSR count). The summed E-state index contributed by atoms with van der Waals surface area (Å²) in [7, 11) is -4.20. The van der Waals surface area contributed by atoms with Crippen LogP contribution in [0.5, 0.6) is 11.5 Å². The van der Waals surface area contributed by atoms with Gasteiger partial charge in [-0.3, -0.25) is 13.9 Å². The standard InChI is InChI=1S/C31H36ClN3O6S/c1-3-5-17-33-31(37)27(4-2)34(21-23-11-9-10-14-26(23)32)30(36)22-35(42(38,39)25-12-7-6-8-13-25)24-15-16-28-29(20-24)41-19-18-40-28/h6-16,20,27H,3-5,17-19,21-22H2,1-2H3,(H,33,37)/t27-/m1/s1. The van der Waals surface area contributed by atoms with Crippen molar-refractivity contribution in [1.29, 1.82) is 0 Å². The second-order valence-corrected chi connectivity index (χ2v) is 12.1. The molecule has 0 unspecified atom stereocenters. The van der Waals surface area contributed by atoms with E-state index in [0.717, 1.165) is 17.1 Å². The summed E-state index contributed by atoms with van der Waals surface area (Å²) in [6.07, 6.45) is 2.03. The number of nitrogens with zero attached hydrogens (tertiary/aromatic N) is 2. The van der Waals surface area contributed by atoms with Gasteiger partial charge in [0.1, 0.15) is 25.8 Å². The van der Waals surface area contributed by atoms with E-state index in [-0.39, 0.29) is 23.0 Å². The van der Waals surface area contributed by atoms with E-state index in [1.807, 2.05) is 13.8 Å². The summed E-state index contributed by atoms with van der Waals surface area (Å²) in [5, 5.41) is 3.36. The van der Waals surface area contributed by atoms with Crippen LogP contribution in [0, 0.1) is 0 Å². The molecule has 11 heteroatoms. The third kappa shape index (κ3) is 7.35. The average Bonchev–Trinajstić information content (AvgIpc) is 3.00. The molecule has 0 saturated carbocycles. The molecule has 0 aliphatic carbocycles. The third-order valence-electron chi connectivity index (χ3n) is 6.94. The highest BCUT2D eigenvalue weighted by molar-refractivity contribution is 7.92. The maximum atomic E-state index is 14.2. The number of rotatable bonds is 13. The Labute approximate surface area is 252 Å². The zero-order valence-electron chi connectivity index (χ0n) is 23.8. The molecule has 1 aliphatic rings. The van der Waals surface area contributed by atoms with Gasteiger partial charge in [0.25, 0.3) is 10.0 Å². The van der Waals surface area contributed by atoms with Crippen LogP contribution in [0.15, 0.2) is 77.7 Å². The number of ether oxygens (including phenoxy) is 2. The summed E-state index contributed by atoms with van der Waals surface area (Å²) in [5.74, 6) is 0.0163. The van der Waals surface area contributed by atoms with Crippen molar-refractivity contribution in [3.8, 4) is 11.5 Å². The van der Waals surface area contributed by atoms with Crippen molar-refractivity contribution in [3.05, 3.63) is 83.4 Å². The zero-order valence-corrected chi connectivity index (χ0v) is 25.4. The summed E-state index contributed by atoms with van der Waals surface area (Å²) in [6.45, 7) is 4.49. The van der Waals surface area contributed by atoms with Gasteiger partial charge < -0.3 is 19.7 Å². The lowest BCUT2D eigenvalue weighted by Gasteiger charge is -2.33. The van der Waals surface area contributed by atoms with Crippen LogP contribution in [-0.2, 0) is 26.2 Å². The fourth-order valence-electron chi connectivity index (χ4n) is 4.67. The van der Waals surface area contributed by atoms with Crippen molar-refractivity contribution in [1.82, 2.24) is 10.2 Å². The first-order valence-corrected chi connectivity index (χ1v) is 15.9. The number of fused-ring (bicyclic) bond motifs is 1. The number of hydrogen-bond donors (Lipinski definition) is 1. The lowest BCUT2D eigenvalue weighted by molar-refractivity contribution is -0.140. The van der Waals surface area contributed by atoms with Crippen molar-refractivity contribution in [2.24, 2.45) is 0 Å². The molecule has 0 aromatic heterocycles. The third-order valence-corrected chi connectivity index (χ3v) is 9.09. The molecule has 0 spiro atoms. The largest absolute Gasteiger partial charge is 0.486 e. The van der Waals surface area contributed by atoms with Crippen molar-refractivity contribution in [2.75, 3.05) is 30.6 Å². The molecule has 42 heavy (non-hydrogen) atoms. The first kappa shape index (κ1) is 31.2. The summed E-state index contributed by atoms with van der Waals surface area (Å²) in [6, 6.07) is 18.9. The van der Waals surface area contributed by atoms with E-state index in [1.54, 1.807) is 60.7 Å². The Bertz CT molecular complexity index is 1480. The maximum absolute atomic E-state index is 14.2. The number of carbonyl (C=O) groups is 2. The van der Waals surface area contributed by atoms with E-state index in [9.17, 15) is 18.0 Å². The lowest BCUT2D eigenvalue weighted by Crippen LogP contribution is -2.52. The number of carbonyl (C=O) groups excluding carboxylic acids is 2. The minimum atomic E-state index is -4.20. The molecule has 9 nitrogen and oxygen atoms in total. The van der Waals surface area contributed by atoms with Gasteiger partial charge in [-0.15, -0.1) is 0 Å². The zero-order chi connectivity index (χ0) is 30.1. The fourth-order valence-corrected chi connectivity index (χ4v) is 6.29. The van der Waals surface area contributed by atoms with E-state index >= 15 is 0 Å². The number of amides is 2. The molecular formula is C31H36ClN3O6S. The maximum Gasteiger partial charge on any atom is 0.264 e. The highest BCUT2D eigenvalue weighted by atomic mass is 35.5. The Balaban J connectivity index is 1.74. The number of hydrogen-bond acceptors (Lipinski definition) is 6. The minimum Gasteiger partial charge on any atom is -0.486 e. The molecular weight excluding hydrogens is 578 g/mol. The van der Waals surface area contributed by atoms with Gasteiger partial charge >= 0.3 is 0 Å². The average molecular weight is 614 g/mol. The van der Waals surface area contributed by atoms with Gasteiger partial charge in [-0.1, -0.05) is 68.3 Å². The van der Waals surface area contributed by atoms with Gasteiger partial charge in [0.2, 0.25) is 11.8 Å². The molecule has 0 radical (unpaired) electrons. The molecule has 1 aliphatic heterocycles. The van der Waals surface area contributed by atoms with E-state index in [2.05, 4.69) is 5.32 Å². The van der Waals surface area contributed by atoms with Crippen molar-refractivity contribution < 1.29 is 27.5 Å². The SMILES string of the molecule is CCCCNC(=O)[C@@H](CC)N(Cc1ccccc1Cl)C(=O)CN(c1ccc2c(c1)OCCO2)S(=O)(=O)c1ccccc1. The molecule has 3 aromatic rings.